The van der Waals surface area contributed by atoms with Crippen molar-refractivity contribution in [1.82, 2.24) is 0 Å². The van der Waals surface area contributed by atoms with E-state index in [4.69, 9.17) is 25.8 Å². The molecule has 0 spiro atoms. The van der Waals surface area contributed by atoms with Crippen molar-refractivity contribution >= 4 is 23.4 Å². The predicted molar refractivity (Wildman–Crippen MR) is 71.9 cm³/mol. The first kappa shape index (κ1) is 14.6. The second-order valence-electron chi connectivity index (χ2n) is 4.20. The van der Waals surface area contributed by atoms with Gasteiger partial charge in [0.15, 0.2) is 5.03 Å². The Balaban J connectivity index is 2.20. The van der Waals surface area contributed by atoms with Crippen molar-refractivity contribution in [2.75, 3.05) is 20.3 Å². The van der Waals surface area contributed by atoms with Crippen LogP contribution in [0.4, 0.5) is 0 Å². The van der Waals surface area contributed by atoms with Gasteiger partial charge in [-0.25, -0.2) is 4.79 Å². The lowest BCUT2D eigenvalue weighted by Crippen LogP contribution is -2.13. The van der Waals surface area contributed by atoms with E-state index in [2.05, 4.69) is 0 Å². The molecule has 0 atom stereocenters. The molecule has 1 heterocycles. The number of rotatable bonds is 4. The molecular weight excluding hydrogens is 284 g/mol. The standard InChI is InChI=1S/C14H13ClO5/c1-8-3-4-9-10(7-8)20-13(12(9)16)11(15)14(17)19-6-5-18-2/h3-4,7H,5-6H2,1-2H3. The van der Waals surface area contributed by atoms with Crippen molar-refractivity contribution in [3.8, 4) is 5.75 Å². The summed E-state index contributed by atoms with van der Waals surface area (Å²) >= 11 is 5.86. The van der Waals surface area contributed by atoms with Crippen LogP contribution in [0.15, 0.2) is 29.0 Å². The number of carbonyl (C=O) groups is 2. The van der Waals surface area contributed by atoms with Crippen molar-refractivity contribution in [3.05, 3.63) is 40.1 Å². The van der Waals surface area contributed by atoms with E-state index in [0.29, 0.717) is 11.3 Å². The van der Waals surface area contributed by atoms with Crippen molar-refractivity contribution in [3.63, 3.8) is 0 Å². The van der Waals surface area contributed by atoms with Crippen molar-refractivity contribution in [2.45, 2.75) is 6.92 Å². The number of methoxy groups -OCH3 is 1. The van der Waals surface area contributed by atoms with Gasteiger partial charge in [0, 0.05) is 7.11 Å². The molecular formula is C14H13ClO5. The van der Waals surface area contributed by atoms with E-state index < -0.39 is 11.8 Å². The number of benzene rings is 1. The van der Waals surface area contributed by atoms with Gasteiger partial charge in [-0.15, -0.1) is 0 Å². The number of ether oxygens (including phenoxy) is 3. The SMILES string of the molecule is COCCOC(=O)C(Cl)=C1Oc2cc(C)ccc2C1=O. The van der Waals surface area contributed by atoms with E-state index in [1.165, 1.54) is 7.11 Å². The maximum absolute atomic E-state index is 12.1. The highest BCUT2D eigenvalue weighted by atomic mass is 35.5. The van der Waals surface area contributed by atoms with E-state index >= 15 is 0 Å². The van der Waals surface area contributed by atoms with E-state index in [-0.39, 0.29) is 24.0 Å². The number of ketones is 1. The van der Waals surface area contributed by atoms with Crippen LogP contribution in [0.2, 0.25) is 0 Å². The summed E-state index contributed by atoms with van der Waals surface area (Å²) in [5.74, 6) is -1.03. The van der Waals surface area contributed by atoms with Gasteiger partial charge in [0.1, 0.15) is 12.4 Å². The average Bonchev–Trinajstić information content (AvgIpc) is 2.74. The van der Waals surface area contributed by atoms with Crippen LogP contribution in [0.1, 0.15) is 15.9 Å². The molecule has 1 aromatic rings. The Morgan fingerprint density at radius 3 is 2.80 bits per heavy atom. The molecule has 0 fully saturated rings. The maximum Gasteiger partial charge on any atom is 0.353 e. The summed E-state index contributed by atoms with van der Waals surface area (Å²) in [5.41, 5.74) is 1.32. The number of hydrogen-bond acceptors (Lipinski definition) is 5. The fourth-order valence-corrected chi connectivity index (χ4v) is 1.88. The van der Waals surface area contributed by atoms with Gasteiger partial charge in [-0.2, -0.15) is 0 Å². The molecule has 5 nitrogen and oxygen atoms in total. The first-order valence-electron chi connectivity index (χ1n) is 5.93. The Morgan fingerprint density at radius 2 is 2.10 bits per heavy atom. The third kappa shape index (κ3) is 2.84. The zero-order chi connectivity index (χ0) is 14.7. The Kier molecular flexibility index (Phi) is 4.42. The minimum atomic E-state index is -0.809. The van der Waals surface area contributed by atoms with Crippen molar-refractivity contribution in [2.24, 2.45) is 0 Å². The number of hydrogen-bond donors (Lipinski definition) is 0. The highest BCUT2D eigenvalue weighted by Gasteiger charge is 2.32. The first-order valence-corrected chi connectivity index (χ1v) is 6.31. The molecule has 1 aromatic carbocycles. The number of Topliss-reactive ketones (excluding diaryl/α,β-unsaturated/α-hetero) is 1. The normalized spacial score (nSPS) is 15.7. The van der Waals surface area contributed by atoms with Gasteiger partial charge >= 0.3 is 5.97 Å². The molecule has 0 radical (unpaired) electrons. The van der Waals surface area contributed by atoms with Crippen molar-refractivity contribution < 1.29 is 23.8 Å². The van der Waals surface area contributed by atoms with Gasteiger partial charge < -0.3 is 14.2 Å². The summed E-state index contributed by atoms with van der Waals surface area (Å²) in [6, 6.07) is 5.13. The Hall–Kier alpha value is -1.85. The molecule has 0 aromatic heterocycles. The third-order valence-electron chi connectivity index (χ3n) is 2.70. The van der Waals surface area contributed by atoms with Gasteiger partial charge in [0.2, 0.25) is 11.5 Å². The molecule has 106 valence electrons. The lowest BCUT2D eigenvalue weighted by molar-refractivity contribution is -0.139. The first-order chi connectivity index (χ1) is 9.54. The van der Waals surface area contributed by atoms with E-state index in [1.54, 1.807) is 18.2 Å². The lowest BCUT2D eigenvalue weighted by atomic mass is 10.1. The minimum absolute atomic E-state index is 0.0546. The highest BCUT2D eigenvalue weighted by Crippen LogP contribution is 2.34. The Bertz CT molecular complexity index is 591. The molecule has 6 heteroatoms. The molecule has 1 aliphatic rings. The van der Waals surface area contributed by atoms with Crippen molar-refractivity contribution in [1.29, 1.82) is 0 Å². The van der Waals surface area contributed by atoms with Gasteiger partial charge in [0.05, 0.1) is 12.2 Å². The molecule has 2 rings (SSSR count). The molecule has 20 heavy (non-hydrogen) atoms. The highest BCUT2D eigenvalue weighted by molar-refractivity contribution is 6.44. The average molecular weight is 297 g/mol. The summed E-state index contributed by atoms with van der Waals surface area (Å²) in [7, 11) is 1.48. The van der Waals surface area contributed by atoms with Crippen LogP contribution >= 0.6 is 11.6 Å². The van der Waals surface area contributed by atoms with Gasteiger partial charge in [-0.1, -0.05) is 17.7 Å². The number of halogens is 1. The van der Waals surface area contributed by atoms with Gasteiger partial charge in [-0.3, -0.25) is 4.79 Å². The van der Waals surface area contributed by atoms with Crippen LogP contribution < -0.4 is 4.74 Å². The summed E-state index contributed by atoms with van der Waals surface area (Å²) in [6.07, 6.45) is 0. The summed E-state index contributed by atoms with van der Waals surface area (Å²) in [6.45, 7) is 2.18. The minimum Gasteiger partial charge on any atom is -0.459 e. The summed E-state index contributed by atoms with van der Waals surface area (Å²) < 4.78 is 14.9. The number of fused-ring (bicyclic) bond motifs is 1. The van der Waals surface area contributed by atoms with Gasteiger partial charge in [0.25, 0.3) is 0 Å². The zero-order valence-corrected chi connectivity index (χ0v) is 11.8. The number of esters is 1. The van der Waals surface area contributed by atoms with Crippen LogP contribution in [-0.2, 0) is 14.3 Å². The van der Waals surface area contributed by atoms with Crippen LogP contribution in [0.5, 0.6) is 5.75 Å². The number of carbonyl (C=O) groups excluding carboxylic acids is 2. The van der Waals surface area contributed by atoms with Crippen LogP contribution in [-0.4, -0.2) is 32.1 Å². The zero-order valence-electron chi connectivity index (χ0n) is 11.1. The molecule has 0 saturated heterocycles. The number of aryl methyl sites for hydroxylation is 1. The number of allylic oxidation sites excluding steroid dienone is 1. The molecule has 0 amide bonds. The van der Waals surface area contributed by atoms with Crippen LogP contribution in [0.3, 0.4) is 0 Å². The second-order valence-corrected chi connectivity index (χ2v) is 4.58. The Labute approximate surface area is 121 Å². The monoisotopic (exact) mass is 296 g/mol. The third-order valence-corrected chi connectivity index (χ3v) is 3.03. The largest absolute Gasteiger partial charge is 0.459 e. The van der Waals surface area contributed by atoms with E-state index in [9.17, 15) is 9.59 Å². The maximum atomic E-state index is 12.1. The van der Waals surface area contributed by atoms with Crippen LogP contribution in [0, 0.1) is 6.92 Å². The molecule has 0 unspecified atom stereocenters. The van der Waals surface area contributed by atoms with Crippen LogP contribution in [0.25, 0.3) is 0 Å². The fraction of sp³-hybridized carbons (Fsp3) is 0.286. The quantitative estimate of drug-likeness (QED) is 0.484. The summed E-state index contributed by atoms with van der Waals surface area (Å²) in [4.78, 5) is 23.8. The summed E-state index contributed by atoms with van der Waals surface area (Å²) in [5, 5.41) is -0.361. The Morgan fingerprint density at radius 1 is 1.35 bits per heavy atom. The lowest BCUT2D eigenvalue weighted by Gasteiger charge is -2.04. The second kappa shape index (κ2) is 6.07. The molecule has 0 aliphatic carbocycles. The van der Waals surface area contributed by atoms with E-state index in [0.717, 1.165) is 5.56 Å². The molecule has 0 saturated carbocycles. The van der Waals surface area contributed by atoms with Gasteiger partial charge in [-0.05, 0) is 24.6 Å². The molecule has 0 bridgehead atoms. The smallest absolute Gasteiger partial charge is 0.353 e. The molecule has 0 N–H and O–H groups in total. The predicted octanol–water partition coefficient (Wildman–Crippen LogP) is 2.21. The topological polar surface area (TPSA) is 61.8 Å². The van der Waals surface area contributed by atoms with E-state index in [1.807, 2.05) is 6.92 Å². The fourth-order valence-electron chi connectivity index (χ4n) is 1.70. The molecule has 1 aliphatic heterocycles.